The van der Waals surface area contributed by atoms with Crippen molar-refractivity contribution in [1.82, 2.24) is 15.3 Å². The van der Waals surface area contributed by atoms with Gasteiger partial charge in [-0.25, -0.2) is 23.2 Å². The lowest BCUT2D eigenvalue weighted by Gasteiger charge is -2.35. The zero-order valence-corrected chi connectivity index (χ0v) is 18.7. The van der Waals surface area contributed by atoms with Crippen molar-refractivity contribution in [2.75, 3.05) is 36.5 Å². The largest absolute Gasteiger partial charge is 0.377 e. The Labute approximate surface area is 182 Å². The van der Waals surface area contributed by atoms with E-state index < -0.39 is 15.1 Å². The Balaban J connectivity index is 1.73. The molecular weight excluding hydrogens is 418 g/mol. The number of morpholine rings is 1. The SMILES string of the molecule is CCNC(=O)Nc1ccc(-c2nc3c(c(N4CCOC[C@@H]4C)n2)[C@@H](C)S(=O)(=O)C3)cc1. The predicted octanol–water partition coefficient (Wildman–Crippen LogP) is 2.50. The van der Waals surface area contributed by atoms with Crippen LogP contribution < -0.4 is 15.5 Å². The van der Waals surface area contributed by atoms with Gasteiger partial charge in [-0.1, -0.05) is 0 Å². The minimum atomic E-state index is -3.30. The van der Waals surface area contributed by atoms with Crippen molar-refractivity contribution in [2.24, 2.45) is 0 Å². The fourth-order valence-corrected chi connectivity index (χ4v) is 5.40. The lowest BCUT2D eigenvalue weighted by molar-refractivity contribution is 0.0984. The van der Waals surface area contributed by atoms with Gasteiger partial charge in [0.05, 0.1) is 36.0 Å². The van der Waals surface area contributed by atoms with Crippen LogP contribution in [0.15, 0.2) is 24.3 Å². The summed E-state index contributed by atoms with van der Waals surface area (Å²) in [5.74, 6) is 1.07. The lowest BCUT2D eigenvalue weighted by Crippen LogP contribution is -2.44. The number of rotatable bonds is 4. The maximum atomic E-state index is 12.6. The topological polar surface area (TPSA) is 114 Å². The first-order valence-corrected chi connectivity index (χ1v) is 12.1. The van der Waals surface area contributed by atoms with Gasteiger partial charge in [-0.3, -0.25) is 0 Å². The van der Waals surface area contributed by atoms with Gasteiger partial charge in [0.25, 0.3) is 0 Å². The Morgan fingerprint density at radius 2 is 1.97 bits per heavy atom. The number of fused-ring (bicyclic) bond motifs is 1. The molecular formula is C21H27N5O4S. The molecule has 0 unspecified atom stereocenters. The van der Waals surface area contributed by atoms with Crippen molar-refractivity contribution < 1.29 is 17.9 Å². The number of amides is 2. The van der Waals surface area contributed by atoms with Gasteiger partial charge in [-0.15, -0.1) is 0 Å². The van der Waals surface area contributed by atoms with E-state index in [2.05, 4.69) is 20.5 Å². The third-order valence-electron chi connectivity index (χ3n) is 5.67. The molecule has 10 heteroatoms. The highest BCUT2D eigenvalue weighted by Crippen LogP contribution is 2.42. The summed E-state index contributed by atoms with van der Waals surface area (Å²) in [6.45, 7) is 7.92. The van der Waals surface area contributed by atoms with Crippen LogP contribution in [0.5, 0.6) is 0 Å². The average molecular weight is 446 g/mol. The van der Waals surface area contributed by atoms with Crippen LogP contribution in [0, 0.1) is 0 Å². The summed E-state index contributed by atoms with van der Waals surface area (Å²) < 4.78 is 30.8. The van der Waals surface area contributed by atoms with Crippen LogP contribution in [-0.2, 0) is 20.3 Å². The Morgan fingerprint density at radius 3 is 2.65 bits per heavy atom. The summed E-state index contributed by atoms with van der Waals surface area (Å²) in [5, 5.41) is 4.80. The standard InChI is InChI=1S/C21H27N5O4S/c1-4-22-21(27)23-16-7-5-15(6-8-16)19-24-17-12-31(28,29)14(3)18(17)20(25-19)26-9-10-30-11-13(26)2/h5-8,13-14H,4,9-12H2,1-3H3,(H2,22,23,27)/t13-,14+/m0/s1. The normalized spacial score (nSPS) is 22.1. The van der Waals surface area contributed by atoms with Crippen LogP contribution in [0.4, 0.5) is 16.3 Å². The fraction of sp³-hybridized carbons (Fsp3) is 0.476. The highest BCUT2D eigenvalue weighted by atomic mass is 32.2. The Hall–Kier alpha value is -2.72. The second-order valence-corrected chi connectivity index (χ2v) is 10.2. The van der Waals surface area contributed by atoms with Crippen molar-refractivity contribution >= 4 is 27.4 Å². The van der Waals surface area contributed by atoms with Crippen molar-refractivity contribution in [3.63, 3.8) is 0 Å². The molecule has 1 aromatic carbocycles. The number of urea groups is 1. The minimum absolute atomic E-state index is 0.0818. The molecule has 2 aliphatic heterocycles. The van der Waals surface area contributed by atoms with Crippen LogP contribution in [0.25, 0.3) is 11.4 Å². The third-order valence-corrected chi connectivity index (χ3v) is 7.65. The second kappa shape index (κ2) is 8.43. The zero-order chi connectivity index (χ0) is 22.2. The molecule has 1 aromatic heterocycles. The predicted molar refractivity (Wildman–Crippen MR) is 119 cm³/mol. The average Bonchev–Trinajstić information content (AvgIpc) is 2.97. The van der Waals surface area contributed by atoms with E-state index in [0.29, 0.717) is 54.9 Å². The number of benzene rings is 1. The van der Waals surface area contributed by atoms with Gasteiger partial charge in [0.1, 0.15) is 5.82 Å². The molecule has 2 N–H and O–H groups in total. The zero-order valence-electron chi connectivity index (χ0n) is 17.9. The van der Waals surface area contributed by atoms with E-state index in [4.69, 9.17) is 9.72 Å². The Bertz CT molecular complexity index is 1090. The van der Waals surface area contributed by atoms with Crippen LogP contribution in [0.3, 0.4) is 0 Å². The molecule has 2 atom stereocenters. The number of anilines is 2. The summed E-state index contributed by atoms with van der Waals surface area (Å²) in [6, 6.07) is 7.01. The Kier molecular flexibility index (Phi) is 5.85. The van der Waals surface area contributed by atoms with E-state index in [0.717, 1.165) is 5.56 Å². The molecule has 4 rings (SSSR count). The molecule has 0 spiro atoms. The van der Waals surface area contributed by atoms with Crippen molar-refractivity contribution in [2.45, 2.75) is 37.8 Å². The molecule has 9 nitrogen and oxygen atoms in total. The lowest BCUT2D eigenvalue weighted by atomic mass is 10.1. The van der Waals surface area contributed by atoms with Crippen molar-refractivity contribution in [3.8, 4) is 11.4 Å². The number of sulfone groups is 1. The van der Waals surface area contributed by atoms with Crippen LogP contribution in [0.2, 0.25) is 0 Å². The van der Waals surface area contributed by atoms with E-state index in [-0.39, 0.29) is 17.8 Å². The molecule has 166 valence electrons. The monoisotopic (exact) mass is 445 g/mol. The second-order valence-electron chi connectivity index (χ2n) is 7.86. The number of nitrogens with one attached hydrogen (secondary N) is 2. The van der Waals surface area contributed by atoms with Crippen LogP contribution >= 0.6 is 0 Å². The fourth-order valence-electron chi connectivity index (χ4n) is 3.95. The summed E-state index contributed by atoms with van der Waals surface area (Å²) in [7, 11) is -3.30. The molecule has 3 heterocycles. The van der Waals surface area contributed by atoms with Gasteiger partial charge >= 0.3 is 6.03 Å². The molecule has 2 amide bonds. The Morgan fingerprint density at radius 1 is 1.23 bits per heavy atom. The number of hydrogen-bond acceptors (Lipinski definition) is 7. The summed E-state index contributed by atoms with van der Waals surface area (Å²) in [5.41, 5.74) is 2.67. The highest BCUT2D eigenvalue weighted by molar-refractivity contribution is 7.91. The molecule has 2 aliphatic rings. The van der Waals surface area contributed by atoms with Gasteiger partial charge < -0.3 is 20.3 Å². The van der Waals surface area contributed by atoms with E-state index in [1.54, 1.807) is 19.1 Å². The number of ether oxygens (including phenoxy) is 1. The van der Waals surface area contributed by atoms with Gasteiger partial charge in [-0.05, 0) is 45.0 Å². The molecule has 0 radical (unpaired) electrons. The number of aromatic nitrogens is 2. The van der Waals surface area contributed by atoms with Gasteiger partial charge in [0.15, 0.2) is 15.7 Å². The molecule has 1 fully saturated rings. The third kappa shape index (κ3) is 4.22. The van der Waals surface area contributed by atoms with Crippen LogP contribution in [0.1, 0.15) is 37.3 Å². The van der Waals surface area contributed by atoms with Crippen LogP contribution in [-0.4, -0.2) is 56.8 Å². The number of nitrogens with zero attached hydrogens (tertiary/aromatic N) is 3. The van der Waals surface area contributed by atoms with Crippen molar-refractivity contribution in [3.05, 3.63) is 35.5 Å². The van der Waals surface area contributed by atoms with E-state index in [1.165, 1.54) is 0 Å². The smallest absolute Gasteiger partial charge is 0.319 e. The maximum Gasteiger partial charge on any atom is 0.319 e. The summed E-state index contributed by atoms with van der Waals surface area (Å²) in [6.07, 6.45) is 0. The number of carbonyl (C=O) groups is 1. The molecule has 0 bridgehead atoms. The number of carbonyl (C=O) groups excluding carboxylic acids is 1. The molecule has 1 saturated heterocycles. The molecule has 31 heavy (non-hydrogen) atoms. The minimum Gasteiger partial charge on any atom is -0.377 e. The first-order valence-electron chi connectivity index (χ1n) is 10.4. The summed E-state index contributed by atoms with van der Waals surface area (Å²) in [4.78, 5) is 23.3. The van der Waals surface area contributed by atoms with E-state index in [9.17, 15) is 13.2 Å². The summed E-state index contributed by atoms with van der Waals surface area (Å²) >= 11 is 0. The highest BCUT2D eigenvalue weighted by Gasteiger charge is 2.40. The molecule has 0 aliphatic carbocycles. The molecule has 2 aromatic rings. The first-order chi connectivity index (χ1) is 14.8. The molecule has 0 saturated carbocycles. The van der Waals surface area contributed by atoms with Crippen molar-refractivity contribution in [1.29, 1.82) is 0 Å². The van der Waals surface area contributed by atoms with Gasteiger partial charge in [-0.2, -0.15) is 0 Å². The van der Waals surface area contributed by atoms with E-state index >= 15 is 0 Å². The van der Waals surface area contributed by atoms with Gasteiger partial charge in [0, 0.05) is 29.9 Å². The first kappa shape index (κ1) is 21.5. The number of hydrogen-bond donors (Lipinski definition) is 2. The van der Waals surface area contributed by atoms with E-state index in [1.807, 2.05) is 26.0 Å². The quantitative estimate of drug-likeness (QED) is 0.743. The maximum absolute atomic E-state index is 12.6. The van der Waals surface area contributed by atoms with Gasteiger partial charge in [0.2, 0.25) is 0 Å².